The summed E-state index contributed by atoms with van der Waals surface area (Å²) in [5, 5.41) is 8.97. The summed E-state index contributed by atoms with van der Waals surface area (Å²) >= 11 is 1.38. The third-order valence-corrected chi connectivity index (χ3v) is 4.65. The molecule has 0 fully saturated rings. The normalized spacial score (nSPS) is 10.5. The van der Waals surface area contributed by atoms with Gasteiger partial charge in [0, 0.05) is 17.8 Å². The van der Waals surface area contributed by atoms with E-state index in [4.69, 9.17) is 0 Å². The molecule has 0 aliphatic heterocycles. The van der Waals surface area contributed by atoms with E-state index < -0.39 is 0 Å². The molecule has 0 saturated heterocycles. The number of carbonyl (C=O) groups excluding carboxylic acids is 2. The molecule has 3 amide bonds. The smallest absolute Gasteiger partial charge is 0.319 e. The zero-order valence-electron chi connectivity index (χ0n) is 14.6. The van der Waals surface area contributed by atoms with Crippen LogP contribution in [0.4, 0.5) is 15.6 Å². The number of nitrogens with one attached hydrogen (secondary N) is 3. The molecule has 0 spiro atoms. The molecule has 3 aromatic rings. The molecule has 134 valence electrons. The number of aryl methyl sites for hydroxylation is 1. The Bertz CT molecular complexity index is 937. The van der Waals surface area contributed by atoms with Crippen LogP contribution >= 0.6 is 11.3 Å². The molecule has 26 heavy (non-hydrogen) atoms. The molecule has 3 rings (SSSR count). The average Bonchev–Trinajstić information content (AvgIpc) is 3.03. The lowest BCUT2D eigenvalue weighted by atomic mass is 10.2. The minimum atomic E-state index is -0.229. The van der Waals surface area contributed by atoms with Gasteiger partial charge in [-0.15, -0.1) is 0 Å². The van der Waals surface area contributed by atoms with Crippen LogP contribution in [0.1, 0.15) is 29.3 Å². The summed E-state index contributed by atoms with van der Waals surface area (Å²) in [6.45, 7) is 4.56. The molecule has 0 aliphatic carbocycles. The van der Waals surface area contributed by atoms with Crippen molar-refractivity contribution >= 4 is 44.3 Å². The molecular weight excluding hydrogens is 348 g/mol. The van der Waals surface area contributed by atoms with Gasteiger partial charge >= 0.3 is 6.03 Å². The average molecular weight is 368 g/mol. The number of anilines is 2. The van der Waals surface area contributed by atoms with Gasteiger partial charge in [-0.05, 0) is 43.2 Å². The fraction of sp³-hybridized carbons (Fsp3) is 0.211. The van der Waals surface area contributed by atoms with Crippen LogP contribution in [0.15, 0.2) is 42.5 Å². The van der Waals surface area contributed by atoms with Gasteiger partial charge in [0.2, 0.25) is 0 Å². The predicted octanol–water partition coefficient (Wildman–Crippen LogP) is 4.39. The molecule has 2 aromatic carbocycles. The summed E-state index contributed by atoms with van der Waals surface area (Å²) in [7, 11) is 0. The zero-order chi connectivity index (χ0) is 18.5. The molecule has 0 atom stereocenters. The number of hydrogen-bond donors (Lipinski definition) is 3. The lowest BCUT2D eigenvalue weighted by molar-refractivity contribution is 0.102. The number of amides is 3. The number of aromatic nitrogens is 1. The molecule has 0 bridgehead atoms. The lowest BCUT2D eigenvalue weighted by Crippen LogP contribution is -2.29. The molecule has 0 aliphatic rings. The third-order valence-electron chi connectivity index (χ3n) is 3.74. The Hall–Kier alpha value is -2.93. The van der Waals surface area contributed by atoms with Gasteiger partial charge in [-0.2, -0.15) is 0 Å². The van der Waals surface area contributed by atoms with Crippen LogP contribution in [0.5, 0.6) is 0 Å². The van der Waals surface area contributed by atoms with Crippen molar-refractivity contribution in [3.05, 3.63) is 53.6 Å². The minimum Gasteiger partial charge on any atom is -0.338 e. The predicted molar refractivity (Wildman–Crippen MR) is 106 cm³/mol. The fourth-order valence-corrected chi connectivity index (χ4v) is 3.47. The van der Waals surface area contributed by atoms with Crippen molar-refractivity contribution < 1.29 is 9.59 Å². The van der Waals surface area contributed by atoms with Gasteiger partial charge in [0.15, 0.2) is 5.13 Å². The maximum Gasteiger partial charge on any atom is 0.319 e. The van der Waals surface area contributed by atoms with Crippen LogP contribution in [0.2, 0.25) is 0 Å². The van der Waals surface area contributed by atoms with Crippen LogP contribution in [0, 0.1) is 6.92 Å². The van der Waals surface area contributed by atoms with E-state index in [0.29, 0.717) is 22.9 Å². The van der Waals surface area contributed by atoms with E-state index in [2.05, 4.69) is 20.9 Å². The highest BCUT2D eigenvalue weighted by molar-refractivity contribution is 7.22. The fourth-order valence-electron chi connectivity index (χ4n) is 2.50. The maximum atomic E-state index is 12.3. The second-order valence-corrected chi connectivity index (χ2v) is 6.89. The van der Waals surface area contributed by atoms with Crippen LogP contribution < -0.4 is 16.0 Å². The first-order valence-corrected chi connectivity index (χ1v) is 9.21. The second kappa shape index (κ2) is 7.97. The Morgan fingerprint density at radius 2 is 1.88 bits per heavy atom. The Balaban J connectivity index is 1.79. The van der Waals surface area contributed by atoms with Crippen molar-refractivity contribution in [3.63, 3.8) is 0 Å². The highest BCUT2D eigenvalue weighted by Crippen LogP contribution is 2.31. The van der Waals surface area contributed by atoms with Crippen molar-refractivity contribution in [2.75, 3.05) is 17.2 Å². The van der Waals surface area contributed by atoms with Crippen molar-refractivity contribution in [1.82, 2.24) is 10.3 Å². The largest absolute Gasteiger partial charge is 0.338 e. The summed E-state index contributed by atoms with van der Waals surface area (Å²) in [4.78, 5) is 28.6. The van der Waals surface area contributed by atoms with E-state index in [-0.39, 0.29) is 11.9 Å². The van der Waals surface area contributed by atoms with Gasteiger partial charge in [-0.1, -0.05) is 36.5 Å². The quantitative estimate of drug-likeness (QED) is 0.624. The van der Waals surface area contributed by atoms with Crippen molar-refractivity contribution in [2.45, 2.75) is 20.3 Å². The SMILES string of the molecule is CCCNC(=O)Nc1cc(C)c2nc(NC(=O)c3ccccc3)sc2c1. The number of nitrogens with zero attached hydrogens (tertiary/aromatic N) is 1. The van der Waals surface area contributed by atoms with Crippen LogP contribution in [0.25, 0.3) is 10.2 Å². The Kier molecular flexibility index (Phi) is 5.48. The second-order valence-electron chi connectivity index (χ2n) is 5.86. The van der Waals surface area contributed by atoms with Gasteiger partial charge in [0.25, 0.3) is 5.91 Å². The van der Waals surface area contributed by atoms with Gasteiger partial charge in [-0.25, -0.2) is 9.78 Å². The van der Waals surface area contributed by atoms with Crippen LogP contribution in [-0.4, -0.2) is 23.5 Å². The highest BCUT2D eigenvalue weighted by Gasteiger charge is 2.12. The maximum absolute atomic E-state index is 12.3. The van der Waals surface area contributed by atoms with Crippen molar-refractivity contribution in [1.29, 1.82) is 0 Å². The third kappa shape index (κ3) is 4.18. The van der Waals surface area contributed by atoms with Crippen molar-refractivity contribution in [3.8, 4) is 0 Å². The number of thiazole rings is 1. The van der Waals surface area contributed by atoms with E-state index >= 15 is 0 Å². The van der Waals surface area contributed by atoms with Gasteiger partial charge < -0.3 is 10.6 Å². The van der Waals surface area contributed by atoms with Crippen LogP contribution in [0.3, 0.4) is 0 Å². The highest BCUT2D eigenvalue weighted by atomic mass is 32.1. The molecule has 3 N–H and O–H groups in total. The van der Waals surface area contributed by atoms with Gasteiger partial charge in [-0.3, -0.25) is 10.1 Å². The van der Waals surface area contributed by atoms with E-state index in [1.165, 1.54) is 11.3 Å². The Labute approximate surface area is 155 Å². The first-order valence-electron chi connectivity index (χ1n) is 8.39. The lowest BCUT2D eigenvalue weighted by Gasteiger charge is -2.07. The Morgan fingerprint density at radius 1 is 1.12 bits per heavy atom. The molecule has 1 heterocycles. The number of fused-ring (bicyclic) bond motifs is 1. The van der Waals surface area contributed by atoms with E-state index in [1.54, 1.807) is 12.1 Å². The summed E-state index contributed by atoms with van der Waals surface area (Å²) in [6, 6.07) is 12.5. The Morgan fingerprint density at radius 3 is 2.62 bits per heavy atom. The summed E-state index contributed by atoms with van der Waals surface area (Å²) in [6.07, 6.45) is 0.880. The van der Waals surface area contributed by atoms with E-state index in [9.17, 15) is 9.59 Å². The zero-order valence-corrected chi connectivity index (χ0v) is 15.4. The minimum absolute atomic E-state index is 0.195. The summed E-state index contributed by atoms with van der Waals surface area (Å²) in [5.41, 5.74) is 3.04. The number of urea groups is 1. The topological polar surface area (TPSA) is 83.1 Å². The van der Waals surface area contributed by atoms with Gasteiger partial charge in [0.05, 0.1) is 10.2 Å². The first-order chi connectivity index (χ1) is 12.6. The summed E-state index contributed by atoms with van der Waals surface area (Å²) < 4.78 is 0.902. The van der Waals surface area contributed by atoms with Crippen LogP contribution in [-0.2, 0) is 0 Å². The summed E-state index contributed by atoms with van der Waals surface area (Å²) in [5.74, 6) is -0.195. The molecule has 0 unspecified atom stereocenters. The standard InChI is InChI=1S/C19H20N4O2S/c1-3-9-20-18(25)21-14-10-12(2)16-15(11-14)26-19(22-16)23-17(24)13-7-5-4-6-8-13/h4-8,10-11H,3,9H2,1-2H3,(H2,20,21,25)(H,22,23,24). The van der Waals surface area contributed by atoms with E-state index in [0.717, 1.165) is 22.2 Å². The first kappa shape index (κ1) is 17.9. The monoisotopic (exact) mass is 368 g/mol. The molecule has 1 aromatic heterocycles. The van der Waals surface area contributed by atoms with Crippen molar-refractivity contribution in [2.24, 2.45) is 0 Å². The molecule has 0 radical (unpaired) electrons. The molecule has 0 saturated carbocycles. The number of hydrogen-bond acceptors (Lipinski definition) is 4. The van der Waals surface area contributed by atoms with E-state index in [1.807, 2.05) is 44.2 Å². The molecule has 6 nitrogen and oxygen atoms in total. The number of carbonyl (C=O) groups is 2. The molecule has 7 heteroatoms. The van der Waals surface area contributed by atoms with Gasteiger partial charge in [0.1, 0.15) is 0 Å². The number of benzene rings is 2. The molecular formula is C19H20N4O2S. The number of rotatable bonds is 5.